The largest absolute Gasteiger partial charge is 0.295 e. The van der Waals surface area contributed by atoms with Crippen molar-refractivity contribution in [3.8, 4) is 0 Å². The predicted octanol–water partition coefficient (Wildman–Crippen LogP) is 2.93. The molecular formula is C13H13BrN2O. The zero-order valence-corrected chi connectivity index (χ0v) is 11.2. The normalized spacial score (nSPS) is 19.3. The average molecular weight is 293 g/mol. The van der Waals surface area contributed by atoms with Crippen LogP contribution in [0.15, 0.2) is 23.0 Å². The summed E-state index contributed by atoms with van der Waals surface area (Å²) in [6.45, 7) is 2.75. The Morgan fingerprint density at radius 3 is 3.12 bits per heavy atom. The Morgan fingerprint density at radius 1 is 1.47 bits per heavy atom. The quantitative estimate of drug-likeness (QED) is 0.700. The second-order valence-corrected chi connectivity index (χ2v) is 5.61. The molecule has 0 radical (unpaired) electrons. The highest BCUT2D eigenvalue weighted by molar-refractivity contribution is 9.09. The van der Waals surface area contributed by atoms with E-state index in [0.29, 0.717) is 0 Å². The van der Waals surface area contributed by atoms with Crippen molar-refractivity contribution in [2.45, 2.75) is 31.1 Å². The first-order valence-electron chi connectivity index (χ1n) is 5.82. The molecule has 1 aromatic heterocycles. The maximum absolute atomic E-state index is 12.4. The lowest BCUT2D eigenvalue weighted by atomic mass is 10.1. The maximum Gasteiger partial charge on any atom is 0.261 e. The number of hydrogen-bond donors (Lipinski definition) is 0. The highest BCUT2D eigenvalue weighted by atomic mass is 79.9. The third kappa shape index (κ3) is 1.62. The lowest BCUT2D eigenvalue weighted by Crippen LogP contribution is -2.29. The Balaban J connectivity index is 2.44. The van der Waals surface area contributed by atoms with Crippen LogP contribution >= 0.6 is 15.9 Å². The van der Waals surface area contributed by atoms with Crippen LogP contribution in [-0.4, -0.2) is 9.55 Å². The molecule has 88 valence electrons. The minimum Gasteiger partial charge on any atom is -0.295 e. The zero-order chi connectivity index (χ0) is 12.0. The van der Waals surface area contributed by atoms with E-state index in [-0.39, 0.29) is 10.4 Å². The van der Waals surface area contributed by atoms with Crippen LogP contribution in [0.3, 0.4) is 0 Å². The molecule has 0 N–H and O–H groups in total. The summed E-state index contributed by atoms with van der Waals surface area (Å²) < 4.78 is 1.82. The second-order valence-electron chi connectivity index (χ2n) is 4.51. The third-order valence-electron chi connectivity index (χ3n) is 3.34. The molecule has 1 aromatic carbocycles. The molecule has 4 heteroatoms. The molecule has 0 fully saturated rings. The molecule has 2 heterocycles. The molecule has 0 saturated heterocycles. The predicted molar refractivity (Wildman–Crippen MR) is 71.6 cm³/mol. The molecule has 3 rings (SSSR count). The molecule has 17 heavy (non-hydrogen) atoms. The average Bonchev–Trinajstić information content (AvgIpc) is 2.31. The number of rotatable bonds is 0. The van der Waals surface area contributed by atoms with E-state index in [1.54, 1.807) is 0 Å². The van der Waals surface area contributed by atoms with Gasteiger partial charge >= 0.3 is 0 Å². The Morgan fingerprint density at radius 2 is 2.29 bits per heavy atom. The van der Waals surface area contributed by atoms with Crippen molar-refractivity contribution in [3.63, 3.8) is 0 Å². The number of aromatic nitrogens is 2. The summed E-state index contributed by atoms with van der Waals surface area (Å²) in [5.74, 6) is 0.874. The topological polar surface area (TPSA) is 34.9 Å². The fraction of sp³-hybridized carbons (Fsp3) is 0.385. The van der Waals surface area contributed by atoms with Gasteiger partial charge in [-0.05, 0) is 31.4 Å². The van der Waals surface area contributed by atoms with Crippen LogP contribution in [0.4, 0.5) is 0 Å². The summed E-state index contributed by atoms with van der Waals surface area (Å²) in [6.07, 6.45) is 2.08. The van der Waals surface area contributed by atoms with Crippen molar-refractivity contribution in [3.05, 3.63) is 39.9 Å². The third-order valence-corrected chi connectivity index (χ3v) is 4.21. The molecule has 0 bridgehead atoms. The van der Waals surface area contributed by atoms with Crippen LogP contribution in [-0.2, 0) is 6.54 Å². The van der Waals surface area contributed by atoms with E-state index in [9.17, 15) is 4.79 Å². The summed E-state index contributed by atoms with van der Waals surface area (Å²) in [6, 6.07) is 5.83. The molecule has 1 atom stereocenters. The van der Waals surface area contributed by atoms with E-state index in [1.807, 2.05) is 29.7 Å². The van der Waals surface area contributed by atoms with E-state index in [1.165, 1.54) is 0 Å². The molecule has 3 nitrogen and oxygen atoms in total. The summed E-state index contributed by atoms with van der Waals surface area (Å²) in [5.41, 5.74) is 1.92. The van der Waals surface area contributed by atoms with Crippen molar-refractivity contribution in [2.75, 3.05) is 0 Å². The fourth-order valence-electron chi connectivity index (χ4n) is 2.46. The van der Waals surface area contributed by atoms with Crippen molar-refractivity contribution in [2.24, 2.45) is 0 Å². The van der Waals surface area contributed by atoms with Gasteiger partial charge in [-0.3, -0.25) is 9.36 Å². The van der Waals surface area contributed by atoms with Crippen LogP contribution < -0.4 is 5.56 Å². The van der Waals surface area contributed by atoms with Crippen LogP contribution in [0.1, 0.15) is 29.1 Å². The monoisotopic (exact) mass is 292 g/mol. The summed E-state index contributed by atoms with van der Waals surface area (Å²) in [4.78, 5) is 17.3. The molecule has 1 aliphatic rings. The van der Waals surface area contributed by atoms with E-state index >= 15 is 0 Å². The SMILES string of the molecule is Cc1cccc2nc3n(c(=O)c12)CCC[C@H]3Br. The van der Waals surface area contributed by atoms with Crippen molar-refractivity contribution < 1.29 is 0 Å². The molecule has 0 amide bonds. The number of nitrogens with zero attached hydrogens (tertiary/aromatic N) is 2. The Hall–Kier alpha value is -1.16. The van der Waals surface area contributed by atoms with Crippen LogP contribution in [0.25, 0.3) is 10.9 Å². The van der Waals surface area contributed by atoms with Gasteiger partial charge in [-0.25, -0.2) is 4.98 Å². The first-order chi connectivity index (χ1) is 8.18. The summed E-state index contributed by atoms with van der Waals surface area (Å²) in [7, 11) is 0. The minimum absolute atomic E-state index is 0.104. The molecule has 0 aliphatic carbocycles. The van der Waals surface area contributed by atoms with E-state index in [2.05, 4.69) is 20.9 Å². The van der Waals surface area contributed by atoms with Crippen molar-refractivity contribution in [1.29, 1.82) is 0 Å². The first kappa shape index (κ1) is 11.0. The van der Waals surface area contributed by atoms with E-state index < -0.39 is 0 Å². The maximum atomic E-state index is 12.4. The first-order valence-corrected chi connectivity index (χ1v) is 6.74. The van der Waals surface area contributed by atoms with Crippen molar-refractivity contribution >= 4 is 26.8 Å². The molecule has 0 saturated carbocycles. The summed E-state index contributed by atoms with van der Waals surface area (Å²) in [5, 5.41) is 0.762. The van der Waals surface area contributed by atoms with Gasteiger partial charge in [0.2, 0.25) is 0 Å². The molecule has 0 spiro atoms. The lowest BCUT2D eigenvalue weighted by molar-refractivity contribution is 0.498. The standard InChI is InChI=1S/C13H13BrN2O/c1-8-4-2-6-10-11(8)13(17)16-7-3-5-9(14)12(16)15-10/h2,4,6,9H,3,5,7H2,1H3/t9-/m1/s1. The van der Waals surface area contributed by atoms with Gasteiger partial charge in [0.15, 0.2) is 0 Å². The lowest BCUT2D eigenvalue weighted by Gasteiger charge is -2.22. The number of fused-ring (bicyclic) bond motifs is 2. The van der Waals surface area contributed by atoms with Crippen LogP contribution in [0.5, 0.6) is 0 Å². The molecule has 0 unspecified atom stereocenters. The minimum atomic E-state index is 0.104. The Labute approximate surface area is 108 Å². The van der Waals surface area contributed by atoms with Gasteiger partial charge in [0.1, 0.15) is 5.82 Å². The molecule has 2 aromatic rings. The Bertz CT molecular complexity index is 648. The number of halogens is 1. The fourth-order valence-corrected chi connectivity index (χ4v) is 3.13. The Kier molecular flexibility index (Phi) is 2.54. The van der Waals surface area contributed by atoms with Gasteiger partial charge in [-0.2, -0.15) is 0 Å². The van der Waals surface area contributed by atoms with Gasteiger partial charge in [0.25, 0.3) is 5.56 Å². The zero-order valence-electron chi connectivity index (χ0n) is 9.61. The van der Waals surface area contributed by atoms with Gasteiger partial charge in [-0.15, -0.1) is 0 Å². The van der Waals surface area contributed by atoms with E-state index in [4.69, 9.17) is 0 Å². The number of hydrogen-bond acceptors (Lipinski definition) is 2. The van der Waals surface area contributed by atoms with Gasteiger partial charge in [0, 0.05) is 6.54 Å². The van der Waals surface area contributed by atoms with Crippen molar-refractivity contribution in [1.82, 2.24) is 9.55 Å². The summed E-state index contributed by atoms with van der Waals surface area (Å²) >= 11 is 3.60. The number of alkyl halides is 1. The molecular weight excluding hydrogens is 280 g/mol. The number of aryl methyl sites for hydroxylation is 1. The highest BCUT2D eigenvalue weighted by Crippen LogP contribution is 2.30. The van der Waals surface area contributed by atoms with Crippen LogP contribution in [0, 0.1) is 6.92 Å². The van der Waals surface area contributed by atoms with Gasteiger partial charge < -0.3 is 0 Å². The second kappa shape index (κ2) is 3.95. The van der Waals surface area contributed by atoms with Gasteiger partial charge in [-0.1, -0.05) is 28.1 Å². The van der Waals surface area contributed by atoms with Gasteiger partial charge in [0.05, 0.1) is 15.7 Å². The van der Waals surface area contributed by atoms with Crippen LogP contribution in [0.2, 0.25) is 0 Å². The highest BCUT2D eigenvalue weighted by Gasteiger charge is 2.21. The smallest absolute Gasteiger partial charge is 0.261 e. The number of benzene rings is 1. The van der Waals surface area contributed by atoms with E-state index in [0.717, 1.165) is 41.7 Å². The molecule has 1 aliphatic heterocycles.